The predicted molar refractivity (Wildman–Crippen MR) is 106 cm³/mol. The molecule has 0 aliphatic rings. The Morgan fingerprint density at radius 1 is 0.667 bits per heavy atom. The van der Waals surface area contributed by atoms with Crippen molar-refractivity contribution in [1.29, 1.82) is 0 Å². The molecule has 0 aromatic carbocycles. The summed E-state index contributed by atoms with van der Waals surface area (Å²) in [6.07, 6.45) is 17.8. The monoisotopic (exact) mass is 465 g/mol. The van der Waals surface area contributed by atoms with Crippen LogP contribution in [0.25, 0.3) is 0 Å². The second kappa shape index (κ2) is 17.7. The molecule has 0 heterocycles. The van der Waals surface area contributed by atoms with E-state index in [2.05, 4.69) is 13.8 Å². The number of rotatable bonds is 17. The minimum atomic E-state index is -3.13. The first-order chi connectivity index (χ1) is 11.6. The zero-order chi connectivity index (χ0) is 18.1. The van der Waals surface area contributed by atoms with Crippen LogP contribution in [-0.4, -0.2) is 21.3 Å². The Morgan fingerprint density at radius 3 is 1.33 bits per heavy atom. The van der Waals surface area contributed by atoms with E-state index in [0.717, 1.165) is 24.3 Å². The van der Waals surface area contributed by atoms with Crippen molar-refractivity contribution in [3.63, 3.8) is 0 Å². The summed E-state index contributed by atoms with van der Waals surface area (Å²) in [5.41, 5.74) is 0. The molecular formula is C18H40MoO3PS. The molecule has 0 atom stereocenters. The molecule has 2 N–H and O–H groups in total. The van der Waals surface area contributed by atoms with E-state index in [9.17, 15) is 9.79 Å². The molecular weight excluding hydrogens is 423 g/mol. The zero-order valence-corrected chi connectivity index (χ0v) is 19.6. The summed E-state index contributed by atoms with van der Waals surface area (Å²) in [6, 6.07) is 0. The maximum absolute atomic E-state index is 10.2. The first-order valence-electron chi connectivity index (χ1n) is 9.92. The van der Waals surface area contributed by atoms with Crippen LogP contribution >= 0.6 is 6.72 Å². The molecule has 6 heteroatoms. The van der Waals surface area contributed by atoms with Crippen LogP contribution in [0.3, 0.4) is 0 Å². The molecule has 24 heavy (non-hydrogen) atoms. The van der Waals surface area contributed by atoms with Gasteiger partial charge in [0.25, 0.3) is 0 Å². The van der Waals surface area contributed by atoms with Gasteiger partial charge >= 0.3 is 165 Å². The van der Waals surface area contributed by atoms with Crippen molar-refractivity contribution >= 4 is 16.8 Å². The molecule has 0 aromatic rings. The number of hydrogen-bond donors (Lipinski definition) is 2. The topological polar surface area (TPSA) is 49.7 Å². The maximum atomic E-state index is 10.2. The standard InChI is InChI=1S/C18H40O3PS.Mo/c1-3-5-7-9-11-13-15-17-23(22(19,20)21)18-16-14-12-10-8-6-4-2;/h3-18H2,1-2H3,(H2-,19,20,21);/q-1;+1. The molecule has 0 unspecified atom stereocenters. The van der Waals surface area contributed by atoms with E-state index in [1.54, 1.807) is 0 Å². The van der Waals surface area contributed by atoms with Crippen LogP contribution in [0.15, 0.2) is 0 Å². The fourth-order valence-corrected chi connectivity index (χ4v) is 9.04. The molecule has 0 fully saturated rings. The summed E-state index contributed by atoms with van der Waals surface area (Å²) < 4.78 is 5.06. The van der Waals surface area contributed by atoms with Gasteiger partial charge in [0, 0.05) is 0 Å². The molecule has 0 saturated carbocycles. The SMILES string of the molecule is CCCCCCCCCS(CCCCCCCCC)=P(O)(O)[O][Mo]. The molecule has 0 rings (SSSR count). The quantitative estimate of drug-likeness (QED) is 0.152. The van der Waals surface area contributed by atoms with E-state index >= 15 is 0 Å². The molecule has 3 nitrogen and oxygen atoms in total. The Morgan fingerprint density at radius 2 is 1.00 bits per heavy atom. The van der Waals surface area contributed by atoms with Gasteiger partial charge in [-0.3, -0.25) is 0 Å². The van der Waals surface area contributed by atoms with Crippen LogP contribution in [0.1, 0.15) is 104 Å². The van der Waals surface area contributed by atoms with E-state index in [4.69, 9.17) is 3.18 Å². The van der Waals surface area contributed by atoms with Crippen molar-refractivity contribution < 1.29 is 33.2 Å². The van der Waals surface area contributed by atoms with E-state index in [-0.39, 0.29) is 10.1 Å². The third-order valence-corrected chi connectivity index (χ3v) is 12.4. The second-order valence-corrected chi connectivity index (χ2v) is 13.6. The summed E-state index contributed by atoms with van der Waals surface area (Å²) in [5.74, 6) is 1.86. The fourth-order valence-electron chi connectivity index (χ4n) is 2.83. The van der Waals surface area contributed by atoms with E-state index < -0.39 is 6.72 Å². The number of unbranched alkanes of at least 4 members (excludes halogenated alkanes) is 12. The molecule has 0 aliphatic heterocycles. The summed E-state index contributed by atoms with van der Waals surface area (Å²) in [5, 5.41) is 0. The van der Waals surface area contributed by atoms with Crippen molar-refractivity contribution in [1.82, 2.24) is 0 Å². The fraction of sp³-hybridized carbons (Fsp3) is 1.00. The summed E-state index contributed by atoms with van der Waals surface area (Å²) in [4.78, 5) is 20.4. The van der Waals surface area contributed by atoms with Gasteiger partial charge in [-0.05, 0) is 0 Å². The third kappa shape index (κ3) is 14.5. The molecule has 0 radical (unpaired) electrons. The number of hydrogen-bond acceptors (Lipinski definition) is 1. The normalized spacial score (nSPS) is 12.2. The Hall–Kier alpha value is 1.35. The van der Waals surface area contributed by atoms with Crippen LogP contribution in [0.5, 0.6) is 0 Å². The van der Waals surface area contributed by atoms with Crippen molar-refractivity contribution in [3.05, 3.63) is 0 Å². The van der Waals surface area contributed by atoms with E-state index in [0.29, 0.717) is 0 Å². The molecule has 0 aromatic heterocycles. The molecule has 0 aliphatic carbocycles. The van der Waals surface area contributed by atoms with Crippen molar-refractivity contribution in [2.75, 3.05) is 11.5 Å². The minimum absolute atomic E-state index is 0.350. The van der Waals surface area contributed by atoms with Gasteiger partial charge in [-0.25, -0.2) is 0 Å². The van der Waals surface area contributed by atoms with E-state index in [1.165, 1.54) is 97.2 Å². The van der Waals surface area contributed by atoms with Crippen LogP contribution in [-0.2, 0) is 33.4 Å². The van der Waals surface area contributed by atoms with Crippen LogP contribution < -0.4 is 0 Å². The first-order valence-corrected chi connectivity index (χ1v) is 14.5. The molecule has 147 valence electrons. The van der Waals surface area contributed by atoms with Gasteiger partial charge in [0.2, 0.25) is 0 Å². The Balaban J connectivity index is 3.99. The van der Waals surface area contributed by atoms with Crippen LogP contribution in [0, 0.1) is 0 Å². The summed E-state index contributed by atoms with van der Waals surface area (Å²) in [6.45, 7) is 1.35. The van der Waals surface area contributed by atoms with Gasteiger partial charge in [0.1, 0.15) is 0 Å². The Labute approximate surface area is 164 Å². The van der Waals surface area contributed by atoms with Gasteiger partial charge < -0.3 is 0 Å². The molecule has 0 amide bonds. The van der Waals surface area contributed by atoms with Crippen molar-refractivity contribution in [3.8, 4) is 0 Å². The molecule has 0 spiro atoms. The van der Waals surface area contributed by atoms with Gasteiger partial charge in [0.05, 0.1) is 0 Å². The predicted octanol–water partition coefficient (Wildman–Crippen LogP) is 6.25. The van der Waals surface area contributed by atoms with Gasteiger partial charge in [-0.2, -0.15) is 0 Å². The van der Waals surface area contributed by atoms with Crippen LogP contribution in [0.4, 0.5) is 0 Å². The van der Waals surface area contributed by atoms with Gasteiger partial charge in [-0.1, -0.05) is 0 Å². The average molecular weight is 463 g/mol. The third-order valence-electron chi connectivity index (χ3n) is 4.40. The van der Waals surface area contributed by atoms with E-state index in [1.807, 2.05) is 0 Å². The van der Waals surface area contributed by atoms with Crippen LogP contribution in [0.2, 0.25) is 0 Å². The summed E-state index contributed by atoms with van der Waals surface area (Å²) in [7, 11) is -0.350. The summed E-state index contributed by atoms with van der Waals surface area (Å²) >= 11 is 1.37. The Kier molecular flexibility index (Phi) is 18.7. The zero-order valence-electron chi connectivity index (χ0n) is 15.9. The van der Waals surface area contributed by atoms with Gasteiger partial charge in [-0.15, -0.1) is 0 Å². The van der Waals surface area contributed by atoms with Crippen molar-refractivity contribution in [2.45, 2.75) is 104 Å². The average Bonchev–Trinajstić information content (AvgIpc) is 2.58. The first kappa shape index (κ1) is 25.3. The second-order valence-electron chi connectivity index (χ2n) is 6.68. The van der Waals surface area contributed by atoms with Gasteiger partial charge in [0.15, 0.2) is 0 Å². The molecule has 0 bridgehead atoms. The van der Waals surface area contributed by atoms with Crippen molar-refractivity contribution in [2.24, 2.45) is 0 Å². The molecule has 0 saturated heterocycles. The Bertz CT molecular complexity index is 314.